The van der Waals surface area contributed by atoms with Gasteiger partial charge in [-0.05, 0) is 60.7 Å². The standard InChI is InChI=1S/C44H39Cl2FN8O4/c1-53(2)43(56)31-13-12-24(20-50-31)39-29-19-34(33-18-26(22-54(33)44(57)58-3)59-35-11-4-5-15-49-35)55(41-25-17-32(41)51-21-25)42(29)28-16-23(8-7-14-48)36(38(47)40(28)52-39)27-9-6-10-30(45)37(27)46/h4-6,9-13,15-16,19-20,25-26,32-33,41,51H,7-8,17-18,21-22H2,1-3H3. The van der Waals surface area contributed by atoms with E-state index in [0.717, 1.165) is 24.2 Å². The van der Waals surface area contributed by atoms with Crippen LogP contribution in [0.1, 0.15) is 53.1 Å². The molecule has 300 valence electrons. The number of carbonyl (C=O) groups is 2. The zero-order chi connectivity index (χ0) is 41.1. The molecule has 1 aliphatic carbocycles. The quantitative estimate of drug-likeness (QED) is 0.152. The number of nitrogens with zero attached hydrogens (tertiary/aromatic N) is 7. The van der Waals surface area contributed by atoms with E-state index >= 15 is 4.39 Å². The minimum Gasteiger partial charge on any atom is -0.472 e. The third-order valence-electron chi connectivity index (χ3n) is 11.8. The minimum absolute atomic E-state index is 0.0258. The molecule has 2 bridgehead atoms. The van der Waals surface area contributed by atoms with Crippen LogP contribution >= 0.6 is 23.2 Å². The fraction of sp³-hybridized carbons (Fsp3) is 0.318. The highest BCUT2D eigenvalue weighted by atomic mass is 35.5. The lowest BCUT2D eigenvalue weighted by molar-refractivity contribution is 0.0822. The van der Waals surface area contributed by atoms with Crippen LogP contribution in [0, 0.1) is 23.1 Å². The summed E-state index contributed by atoms with van der Waals surface area (Å²) < 4.78 is 31.8. The van der Waals surface area contributed by atoms with Crippen molar-refractivity contribution in [3.63, 3.8) is 0 Å². The summed E-state index contributed by atoms with van der Waals surface area (Å²) in [4.78, 5) is 43.6. The number of rotatable bonds is 9. The molecule has 5 unspecified atom stereocenters. The molecule has 10 rings (SSSR count). The Balaban J connectivity index is 1.34. The molecule has 3 aliphatic heterocycles. The van der Waals surface area contributed by atoms with E-state index in [0.29, 0.717) is 45.5 Å². The number of methoxy groups -OCH3 is 1. The fourth-order valence-corrected chi connectivity index (χ4v) is 9.52. The van der Waals surface area contributed by atoms with E-state index in [1.54, 1.807) is 67.8 Å². The first kappa shape index (κ1) is 38.7. The van der Waals surface area contributed by atoms with Gasteiger partial charge in [-0.25, -0.2) is 19.2 Å². The monoisotopic (exact) mass is 832 g/mol. The summed E-state index contributed by atoms with van der Waals surface area (Å²) in [6, 6.07) is 19.7. The van der Waals surface area contributed by atoms with Crippen LogP contribution in [-0.2, 0) is 11.2 Å². The molecular weight excluding hydrogens is 794 g/mol. The van der Waals surface area contributed by atoms with Crippen molar-refractivity contribution in [3.05, 3.63) is 106 Å². The number of hydrogen-bond donors (Lipinski definition) is 1. The zero-order valence-corrected chi connectivity index (χ0v) is 34.0. The Morgan fingerprint density at radius 2 is 1.92 bits per heavy atom. The lowest BCUT2D eigenvalue weighted by atomic mass is 9.79. The van der Waals surface area contributed by atoms with Crippen LogP contribution in [0.15, 0.2) is 73.1 Å². The van der Waals surface area contributed by atoms with E-state index in [4.69, 9.17) is 37.7 Å². The van der Waals surface area contributed by atoms with Crippen LogP contribution in [0.25, 0.3) is 44.2 Å². The Morgan fingerprint density at radius 3 is 2.59 bits per heavy atom. The average Bonchev–Trinajstić information content (AvgIpc) is 4.06. The van der Waals surface area contributed by atoms with Gasteiger partial charge in [0.05, 0.1) is 53.1 Å². The van der Waals surface area contributed by atoms with Crippen LogP contribution < -0.4 is 10.1 Å². The zero-order valence-electron chi connectivity index (χ0n) is 32.5. The number of nitriles is 1. The molecule has 59 heavy (non-hydrogen) atoms. The summed E-state index contributed by atoms with van der Waals surface area (Å²) in [6.07, 6.45) is 4.10. The molecule has 5 atom stereocenters. The second kappa shape index (κ2) is 15.4. The van der Waals surface area contributed by atoms with Gasteiger partial charge >= 0.3 is 6.09 Å². The number of benzene rings is 2. The van der Waals surface area contributed by atoms with Crippen molar-refractivity contribution in [2.24, 2.45) is 5.92 Å². The summed E-state index contributed by atoms with van der Waals surface area (Å²) in [7, 11) is 4.67. The molecule has 4 aliphatic rings. The maximum absolute atomic E-state index is 17.8. The van der Waals surface area contributed by atoms with Crippen molar-refractivity contribution in [2.45, 2.75) is 49.9 Å². The number of hydrogen-bond acceptors (Lipinski definition) is 9. The second-order valence-corrected chi connectivity index (χ2v) is 16.2. The van der Waals surface area contributed by atoms with Crippen LogP contribution in [0.3, 0.4) is 0 Å². The third-order valence-corrected chi connectivity index (χ3v) is 12.7. The van der Waals surface area contributed by atoms with Gasteiger partial charge in [0.2, 0.25) is 5.88 Å². The van der Waals surface area contributed by atoms with Gasteiger partial charge in [0, 0.05) is 91.1 Å². The lowest BCUT2D eigenvalue weighted by Gasteiger charge is -2.39. The van der Waals surface area contributed by atoms with Crippen molar-refractivity contribution in [1.82, 2.24) is 34.6 Å². The first-order valence-corrected chi connectivity index (χ1v) is 20.2. The highest BCUT2D eigenvalue weighted by molar-refractivity contribution is 6.43. The number of likely N-dealkylation sites (tertiary alicyclic amines) is 1. The Labute approximate surface area is 349 Å². The lowest BCUT2D eigenvalue weighted by Crippen LogP contribution is -2.41. The van der Waals surface area contributed by atoms with Crippen LogP contribution in [0.5, 0.6) is 5.88 Å². The van der Waals surface area contributed by atoms with E-state index in [2.05, 4.69) is 25.9 Å². The summed E-state index contributed by atoms with van der Waals surface area (Å²) in [5, 5.41) is 15.1. The molecule has 7 heterocycles. The Bertz CT molecular complexity index is 2670. The van der Waals surface area contributed by atoms with E-state index in [-0.39, 0.29) is 70.1 Å². The summed E-state index contributed by atoms with van der Waals surface area (Å²) in [5.41, 5.74) is 4.08. The van der Waals surface area contributed by atoms with Gasteiger partial charge in [-0.1, -0.05) is 41.4 Å². The van der Waals surface area contributed by atoms with Gasteiger partial charge in [-0.3, -0.25) is 14.7 Å². The SMILES string of the molecule is COC(=O)N1CC(Oc2ccccn2)CC1c1cc2c(-c3ccc(C(=O)N(C)C)nc3)nc3c(F)c(-c4cccc(Cl)c4Cl)c(CCC#N)cc3c2n1C1C2CNC1C2. The number of ether oxygens (including phenoxy) is 2. The van der Waals surface area contributed by atoms with E-state index < -0.39 is 24.1 Å². The van der Waals surface area contributed by atoms with Crippen LogP contribution in [0.2, 0.25) is 10.0 Å². The number of pyridine rings is 3. The molecule has 0 spiro atoms. The highest BCUT2D eigenvalue weighted by Gasteiger charge is 2.51. The number of amides is 2. The first-order chi connectivity index (χ1) is 28.6. The molecule has 0 radical (unpaired) electrons. The smallest absolute Gasteiger partial charge is 0.410 e. The third kappa shape index (κ3) is 6.59. The maximum atomic E-state index is 17.8. The summed E-state index contributed by atoms with van der Waals surface area (Å²) >= 11 is 13.3. The number of nitrogens with one attached hydrogen (secondary N) is 1. The topological polar surface area (TPSA) is 138 Å². The fourth-order valence-electron chi connectivity index (χ4n) is 9.13. The van der Waals surface area contributed by atoms with Crippen molar-refractivity contribution in [1.29, 1.82) is 5.26 Å². The van der Waals surface area contributed by atoms with Gasteiger partial charge in [-0.2, -0.15) is 5.26 Å². The maximum Gasteiger partial charge on any atom is 0.410 e. The van der Waals surface area contributed by atoms with Crippen molar-refractivity contribution < 1.29 is 23.5 Å². The van der Waals surface area contributed by atoms with E-state index in [1.165, 1.54) is 12.0 Å². The predicted molar refractivity (Wildman–Crippen MR) is 222 cm³/mol. The Hall–Kier alpha value is -5.81. The van der Waals surface area contributed by atoms with Gasteiger partial charge in [0.15, 0.2) is 5.82 Å². The number of aromatic nitrogens is 4. The molecule has 2 amide bonds. The van der Waals surface area contributed by atoms with Crippen molar-refractivity contribution in [2.75, 3.05) is 34.3 Å². The molecule has 12 nitrogen and oxygen atoms in total. The molecule has 4 aromatic heterocycles. The van der Waals surface area contributed by atoms with Crippen molar-refractivity contribution in [3.8, 4) is 34.3 Å². The van der Waals surface area contributed by atoms with Crippen LogP contribution in [0.4, 0.5) is 9.18 Å². The summed E-state index contributed by atoms with van der Waals surface area (Å²) in [5.74, 6) is -0.151. The van der Waals surface area contributed by atoms with Crippen LogP contribution in [-0.4, -0.2) is 87.8 Å². The van der Waals surface area contributed by atoms with Gasteiger partial charge in [0.1, 0.15) is 17.3 Å². The summed E-state index contributed by atoms with van der Waals surface area (Å²) in [6.45, 7) is 1.06. The molecule has 2 aromatic carbocycles. The van der Waals surface area contributed by atoms with Crippen molar-refractivity contribution >= 4 is 57.0 Å². The second-order valence-electron chi connectivity index (χ2n) is 15.5. The number of carbonyl (C=O) groups excluding carboxylic acids is 2. The largest absolute Gasteiger partial charge is 0.472 e. The van der Waals surface area contributed by atoms with Gasteiger partial charge in [-0.15, -0.1) is 0 Å². The molecule has 4 fully saturated rings. The Morgan fingerprint density at radius 1 is 1.07 bits per heavy atom. The molecule has 6 aromatic rings. The van der Waals surface area contributed by atoms with E-state index in [9.17, 15) is 14.9 Å². The molecule has 1 N–H and O–H groups in total. The number of halogens is 3. The first-order valence-electron chi connectivity index (χ1n) is 19.4. The number of aryl methyl sites for hydroxylation is 1. The minimum atomic E-state index is -0.611. The molecule has 1 saturated carbocycles. The highest BCUT2D eigenvalue weighted by Crippen LogP contribution is 2.51. The normalized spacial score (nSPS) is 20.8. The Kier molecular flexibility index (Phi) is 10.1. The predicted octanol–water partition coefficient (Wildman–Crippen LogP) is 8.41. The van der Waals surface area contributed by atoms with Gasteiger partial charge < -0.3 is 24.3 Å². The van der Waals surface area contributed by atoms with Gasteiger partial charge in [0.25, 0.3) is 5.91 Å². The average molecular weight is 834 g/mol. The molecular formula is C44H39Cl2FN8O4. The molecule has 15 heteroatoms. The number of fused-ring (bicyclic) bond motifs is 4. The van der Waals surface area contributed by atoms with E-state index in [1.807, 2.05) is 24.3 Å². The molecule has 3 saturated heterocycles.